The lowest BCUT2D eigenvalue weighted by molar-refractivity contribution is 0.182. The van der Waals surface area contributed by atoms with Crippen LogP contribution >= 0.6 is 0 Å². The van der Waals surface area contributed by atoms with Gasteiger partial charge in [-0.05, 0) is 26.8 Å². The third-order valence-corrected chi connectivity index (χ3v) is 2.24. The lowest BCUT2D eigenvalue weighted by Gasteiger charge is -2.12. The van der Waals surface area contributed by atoms with Crippen LogP contribution in [0.2, 0.25) is 0 Å². The van der Waals surface area contributed by atoms with Gasteiger partial charge in [0.2, 0.25) is 0 Å². The Labute approximate surface area is 84.9 Å². The molecule has 0 saturated carbocycles. The number of aromatic nitrogens is 2. The number of aryl methyl sites for hydroxylation is 1. The highest BCUT2D eigenvalue weighted by atomic mass is 16.3. The minimum Gasteiger partial charge on any atom is -0.393 e. The summed E-state index contributed by atoms with van der Waals surface area (Å²) >= 11 is 0. The molecule has 1 aromatic rings. The number of nitrogens with one attached hydrogen (secondary N) is 1. The summed E-state index contributed by atoms with van der Waals surface area (Å²) in [4.78, 5) is 0. The van der Waals surface area contributed by atoms with E-state index < -0.39 is 0 Å². The normalized spacial score (nSPS) is 15.4. The van der Waals surface area contributed by atoms with Crippen molar-refractivity contribution in [2.24, 2.45) is 7.05 Å². The Morgan fingerprint density at radius 2 is 2.29 bits per heavy atom. The largest absolute Gasteiger partial charge is 0.393 e. The van der Waals surface area contributed by atoms with E-state index in [0.717, 1.165) is 13.0 Å². The first-order valence-corrected chi connectivity index (χ1v) is 4.99. The Morgan fingerprint density at radius 3 is 2.79 bits per heavy atom. The maximum atomic E-state index is 9.08. The van der Waals surface area contributed by atoms with Crippen molar-refractivity contribution >= 4 is 0 Å². The fourth-order valence-electron chi connectivity index (χ4n) is 1.29. The zero-order valence-electron chi connectivity index (χ0n) is 9.07. The van der Waals surface area contributed by atoms with Crippen molar-refractivity contribution in [3.8, 4) is 0 Å². The summed E-state index contributed by atoms with van der Waals surface area (Å²) in [6.45, 7) is 4.73. The van der Waals surface area contributed by atoms with Crippen LogP contribution in [0, 0.1) is 0 Å². The van der Waals surface area contributed by atoms with Gasteiger partial charge in [-0.2, -0.15) is 5.10 Å². The van der Waals surface area contributed by atoms with Gasteiger partial charge in [-0.25, -0.2) is 0 Å². The van der Waals surface area contributed by atoms with Crippen LogP contribution in [-0.4, -0.2) is 27.5 Å². The van der Waals surface area contributed by atoms with Gasteiger partial charge in [0.1, 0.15) is 0 Å². The topological polar surface area (TPSA) is 50.1 Å². The molecule has 80 valence electrons. The lowest BCUT2D eigenvalue weighted by atomic mass is 10.2. The smallest absolute Gasteiger partial charge is 0.0537 e. The van der Waals surface area contributed by atoms with Gasteiger partial charge >= 0.3 is 0 Å². The Morgan fingerprint density at radius 1 is 1.57 bits per heavy atom. The fraction of sp³-hybridized carbons (Fsp3) is 0.700. The number of aliphatic hydroxyl groups is 1. The Balaban J connectivity index is 2.32. The molecule has 0 amide bonds. The van der Waals surface area contributed by atoms with Crippen LogP contribution in [0.15, 0.2) is 12.4 Å². The van der Waals surface area contributed by atoms with Crippen molar-refractivity contribution in [1.29, 1.82) is 0 Å². The monoisotopic (exact) mass is 197 g/mol. The van der Waals surface area contributed by atoms with Crippen molar-refractivity contribution in [3.63, 3.8) is 0 Å². The molecule has 4 nitrogen and oxygen atoms in total. The van der Waals surface area contributed by atoms with Crippen LogP contribution in [0.1, 0.15) is 31.9 Å². The molecule has 0 unspecified atom stereocenters. The van der Waals surface area contributed by atoms with Gasteiger partial charge in [-0.15, -0.1) is 0 Å². The maximum Gasteiger partial charge on any atom is 0.0537 e. The molecule has 2 atom stereocenters. The summed E-state index contributed by atoms with van der Waals surface area (Å²) in [6.07, 6.45) is 4.41. The first-order chi connectivity index (χ1) is 6.59. The van der Waals surface area contributed by atoms with Gasteiger partial charge < -0.3 is 10.4 Å². The summed E-state index contributed by atoms with van der Waals surface area (Å²) in [5, 5.41) is 16.5. The molecular formula is C10H19N3O. The summed E-state index contributed by atoms with van der Waals surface area (Å²) in [5.41, 5.74) is 1.18. The number of rotatable bonds is 5. The predicted molar refractivity (Wildman–Crippen MR) is 55.9 cm³/mol. The highest BCUT2D eigenvalue weighted by Gasteiger charge is 2.06. The van der Waals surface area contributed by atoms with E-state index >= 15 is 0 Å². The molecule has 0 fully saturated rings. The molecule has 0 aliphatic rings. The van der Waals surface area contributed by atoms with Gasteiger partial charge in [-0.3, -0.25) is 4.68 Å². The van der Waals surface area contributed by atoms with E-state index in [2.05, 4.69) is 17.3 Å². The first-order valence-electron chi connectivity index (χ1n) is 4.99. The van der Waals surface area contributed by atoms with Crippen LogP contribution in [0.5, 0.6) is 0 Å². The second-order valence-corrected chi connectivity index (χ2v) is 3.76. The predicted octanol–water partition coefficient (Wildman–Crippen LogP) is 0.842. The number of nitrogens with zero attached hydrogens (tertiary/aromatic N) is 2. The van der Waals surface area contributed by atoms with Gasteiger partial charge in [0, 0.05) is 24.8 Å². The molecule has 0 radical (unpaired) electrons. The highest BCUT2D eigenvalue weighted by molar-refractivity contribution is 5.08. The summed E-state index contributed by atoms with van der Waals surface area (Å²) in [7, 11) is 1.91. The highest BCUT2D eigenvalue weighted by Crippen LogP contribution is 2.09. The van der Waals surface area contributed by atoms with Crippen molar-refractivity contribution in [3.05, 3.63) is 18.0 Å². The molecule has 4 heteroatoms. The van der Waals surface area contributed by atoms with E-state index in [1.165, 1.54) is 5.56 Å². The molecule has 1 rings (SSSR count). The van der Waals surface area contributed by atoms with E-state index in [0.29, 0.717) is 6.04 Å². The molecule has 14 heavy (non-hydrogen) atoms. The zero-order chi connectivity index (χ0) is 10.6. The van der Waals surface area contributed by atoms with Crippen molar-refractivity contribution < 1.29 is 5.11 Å². The summed E-state index contributed by atoms with van der Waals surface area (Å²) in [6, 6.07) is 0.294. The molecule has 0 spiro atoms. The average Bonchev–Trinajstić information content (AvgIpc) is 2.51. The van der Waals surface area contributed by atoms with E-state index in [1.807, 2.05) is 19.4 Å². The van der Waals surface area contributed by atoms with E-state index in [-0.39, 0.29) is 6.10 Å². The average molecular weight is 197 g/mol. The third kappa shape index (κ3) is 3.47. The second-order valence-electron chi connectivity index (χ2n) is 3.76. The van der Waals surface area contributed by atoms with Crippen molar-refractivity contribution in [2.45, 2.75) is 32.4 Å². The molecule has 1 heterocycles. The molecule has 0 bridgehead atoms. The van der Waals surface area contributed by atoms with E-state index in [4.69, 9.17) is 5.11 Å². The molecular weight excluding hydrogens is 178 g/mol. The molecule has 0 aliphatic carbocycles. The van der Waals surface area contributed by atoms with Gasteiger partial charge in [0.15, 0.2) is 0 Å². The second kappa shape index (κ2) is 5.12. The van der Waals surface area contributed by atoms with Crippen LogP contribution in [0.3, 0.4) is 0 Å². The standard InChI is InChI=1S/C10H19N3O/c1-8(14)4-5-11-9(2)10-6-12-13(3)7-10/h6-9,11,14H,4-5H2,1-3H3/t8-,9-/m0/s1. The van der Waals surface area contributed by atoms with Crippen molar-refractivity contribution in [1.82, 2.24) is 15.1 Å². The first kappa shape index (κ1) is 11.2. The third-order valence-electron chi connectivity index (χ3n) is 2.24. The van der Waals surface area contributed by atoms with Crippen LogP contribution in [0.4, 0.5) is 0 Å². The van der Waals surface area contributed by atoms with Gasteiger partial charge in [0.05, 0.1) is 12.3 Å². The van der Waals surface area contributed by atoms with Crippen LogP contribution < -0.4 is 5.32 Å². The fourth-order valence-corrected chi connectivity index (χ4v) is 1.29. The quantitative estimate of drug-likeness (QED) is 0.735. The summed E-state index contributed by atoms with van der Waals surface area (Å²) < 4.78 is 1.79. The van der Waals surface area contributed by atoms with Crippen molar-refractivity contribution in [2.75, 3.05) is 6.54 Å². The molecule has 1 aromatic heterocycles. The minimum atomic E-state index is -0.233. The Kier molecular flexibility index (Phi) is 4.10. The lowest BCUT2D eigenvalue weighted by Crippen LogP contribution is -2.22. The molecule has 0 aromatic carbocycles. The SMILES string of the molecule is C[C@H](O)CCN[C@@H](C)c1cnn(C)c1. The maximum absolute atomic E-state index is 9.08. The Hall–Kier alpha value is -0.870. The summed E-state index contributed by atoms with van der Waals surface area (Å²) in [5.74, 6) is 0. The number of hydrogen-bond donors (Lipinski definition) is 2. The van der Waals surface area contributed by atoms with E-state index in [9.17, 15) is 0 Å². The van der Waals surface area contributed by atoms with Gasteiger partial charge in [-0.1, -0.05) is 0 Å². The number of aliphatic hydroxyl groups excluding tert-OH is 1. The minimum absolute atomic E-state index is 0.233. The van der Waals surface area contributed by atoms with Crippen LogP contribution in [-0.2, 0) is 7.05 Å². The van der Waals surface area contributed by atoms with E-state index in [1.54, 1.807) is 11.6 Å². The molecule has 0 aliphatic heterocycles. The Bertz CT molecular complexity index is 270. The number of hydrogen-bond acceptors (Lipinski definition) is 3. The van der Waals surface area contributed by atoms with Gasteiger partial charge in [0.25, 0.3) is 0 Å². The molecule has 2 N–H and O–H groups in total. The van der Waals surface area contributed by atoms with Crippen LogP contribution in [0.25, 0.3) is 0 Å². The zero-order valence-corrected chi connectivity index (χ0v) is 9.07. The molecule has 0 saturated heterocycles.